The normalized spacial score (nSPS) is 19.6. The molecule has 1 aromatic carbocycles. The maximum atomic E-state index is 12.9. The first-order chi connectivity index (χ1) is 12.0. The fraction of sp³-hybridized carbons (Fsp3) is 0.438. The summed E-state index contributed by atoms with van der Waals surface area (Å²) in [5, 5.41) is 4.78. The van der Waals surface area contributed by atoms with Crippen LogP contribution in [0.15, 0.2) is 23.1 Å². The van der Waals surface area contributed by atoms with E-state index in [2.05, 4.69) is 9.82 Å². The summed E-state index contributed by atoms with van der Waals surface area (Å²) in [7, 11) is -6.99. The number of anilines is 1. The molecule has 3 rings (SSSR count). The summed E-state index contributed by atoms with van der Waals surface area (Å²) in [6, 6.07) is 4.65. The van der Waals surface area contributed by atoms with Gasteiger partial charge in [-0.1, -0.05) is 17.7 Å². The fourth-order valence-corrected chi connectivity index (χ4v) is 6.67. The Morgan fingerprint density at radius 2 is 1.96 bits per heavy atom. The molecule has 1 saturated heterocycles. The SMILES string of the molecule is Cc1nn(C2CCS(=O)(=O)C2)c(C)c1S(=O)(=O)Nc1cccc(Cl)c1C. The van der Waals surface area contributed by atoms with Crippen molar-refractivity contribution in [2.45, 2.75) is 38.1 Å². The number of sulfone groups is 1. The van der Waals surface area contributed by atoms with Crippen LogP contribution in [0.25, 0.3) is 0 Å². The smallest absolute Gasteiger partial charge is 0.265 e. The molecule has 142 valence electrons. The molecule has 0 amide bonds. The van der Waals surface area contributed by atoms with Gasteiger partial charge in [0.2, 0.25) is 0 Å². The van der Waals surface area contributed by atoms with Crippen LogP contribution in [-0.4, -0.2) is 38.1 Å². The summed E-state index contributed by atoms with van der Waals surface area (Å²) in [5.74, 6) is 0.0767. The number of hydrogen-bond acceptors (Lipinski definition) is 5. The third-order valence-electron chi connectivity index (χ3n) is 4.59. The topological polar surface area (TPSA) is 98.1 Å². The summed E-state index contributed by atoms with van der Waals surface area (Å²) >= 11 is 6.06. The molecule has 26 heavy (non-hydrogen) atoms. The minimum Gasteiger partial charge on any atom is -0.279 e. The minimum atomic E-state index is -3.89. The van der Waals surface area contributed by atoms with Gasteiger partial charge in [-0.15, -0.1) is 0 Å². The molecule has 1 N–H and O–H groups in total. The second kappa shape index (κ2) is 6.54. The van der Waals surface area contributed by atoms with E-state index >= 15 is 0 Å². The lowest BCUT2D eigenvalue weighted by Gasteiger charge is -2.13. The largest absolute Gasteiger partial charge is 0.279 e. The Morgan fingerprint density at radius 1 is 1.27 bits per heavy atom. The van der Waals surface area contributed by atoms with Crippen molar-refractivity contribution in [1.82, 2.24) is 9.78 Å². The van der Waals surface area contributed by atoms with Crippen molar-refractivity contribution in [2.24, 2.45) is 0 Å². The molecule has 0 spiro atoms. The fourth-order valence-electron chi connectivity index (χ4n) is 3.27. The highest BCUT2D eigenvalue weighted by molar-refractivity contribution is 7.93. The number of benzene rings is 1. The van der Waals surface area contributed by atoms with E-state index in [4.69, 9.17) is 11.6 Å². The van der Waals surface area contributed by atoms with Crippen molar-refractivity contribution in [2.75, 3.05) is 16.2 Å². The van der Waals surface area contributed by atoms with Gasteiger partial charge >= 0.3 is 0 Å². The first kappa shape index (κ1) is 19.2. The number of halogens is 1. The van der Waals surface area contributed by atoms with E-state index in [0.717, 1.165) is 0 Å². The monoisotopic (exact) mass is 417 g/mol. The van der Waals surface area contributed by atoms with Crippen molar-refractivity contribution in [3.63, 3.8) is 0 Å². The molecule has 7 nitrogen and oxygen atoms in total. The number of aryl methyl sites for hydroxylation is 1. The van der Waals surface area contributed by atoms with Gasteiger partial charge in [0.1, 0.15) is 4.90 Å². The van der Waals surface area contributed by atoms with Gasteiger partial charge in [-0.2, -0.15) is 5.10 Å². The van der Waals surface area contributed by atoms with Gasteiger partial charge in [-0.3, -0.25) is 9.40 Å². The van der Waals surface area contributed by atoms with Crippen LogP contribution in [0, 0.1) is 20.8 Å². The Bertz CT molecular complexity index is 1080. The highest BCUT2D eigenvalue weighted by Crippen LogP contribution is 2.31. The summed E-state index contributed by atoms with van der Waals surface area (Å²) in [6.07, 6.45) is 0.435. The lowest BCUT2D eigenvalue weighted by atomic mass is 10.2. The lowest BCUT2D eigenvalue weighted by Crippen LogP contribution is -2.17. The van der Waals surface area contributed by atoms with Crippen molar-refractivity contribution in [3.05, 3.63) is 40.2 Å². The van der Waals surface area contributed by atoms with E-state index in [-0.39, 0.29) is 22.4 Å². The van der Waals surface area contributed by atoms with Gasteiger partial charge in [0.05, 0.1) is 34.6 Å². The Balaban J connectivity index is 2.00. The number of hydrogen-bond donors (Lipinski definition) is 1. The molecule has 1 aliphatic heterocycles. The van der Waals surface area contributed by atoms with E-state index in [9.17, 15) is 16.8 Å². The third kappa shape index (κ3) is 3.47. The second-order valence-electron chi connectivity index (χ2n) is 6.52. The van der Waals surface area contributed by atoms with E-state index < -0.39 is 19.9 Å². The second-order valence-corrected chi connectivity index (χ2v) is 10.8. The van der Waals surface area contributed by atoms with Crippen LogP contribution in [0.4, 0.5) is 5.69 Å². The standard InChI is InChI=1S/C16H20ClN3O4S2/c1-10-14(17)5-4-6-15(10)19-26(23,24)16-11(2)18-20(12(16)3)13-7-8-25(21,22)9-13/h4-6,13,19H,7-9H2,1-3H3. The number of nitrogens with one attached hydrogen (secondary N) is 1. The molecule has 1 fully saturated rings. The van der Waals surface area contributed by atoms with Gasteiger partial charge in [0.15, 0.2) is 9.84 Å². The maximum Gasteiger partial charge on any atom is 0.265 e. The summed E-state index contributed by atoms with van der Waals surface area (Å²) < 4.78 is 53.4. The average molecular weight is 418 g/mol. The number of nitrogens with zero attached hydrogens (tertiary/aromatic N) is 2. The molecule has 1 aromatic heterocycles. The molecule has 10 heteroatoms. The first-order valence-electron chi connectivity index (χ1n) is 8.06. The van der Waals surface area contributed by atoms with Crippen molar-refractivity contribution < 1.29 is 16.8 Å². The molecule has 0 saturated carbocycles. The molecule has 0 radical (unpaired) electrons. The Labute approximate surface area is 158 Å². The molecule has 1 aliphatic rings. The number of sulfonamides is 1. The third-order valence-corrected chi connectivity index (χ3v) is 8.37. The highest BCUT2D eigenvalue weighted by atomic mass is 35.5. The van der Waals surface area contributed by atoms with Crippen LogP contribution < -0.4 is 4.72 Å². The Morgan fingerprint density at radius 3 is 2.58 bits per heavy atom. The molecule has 0 bridgehead atoms. The van der Waals surface area contributed by atoms with Gasteiger partial charge in [-0.05, 0) is 44.9 Å². The molecule has 2 heterocycles. The van der Waals surface area contributed by atoms with Crippen molar-refractivity contribution in [3.8, 4) is 0 Å². The van der Waals surface area contributed by atoms with Crippen LogP contribution in [0.2, 0.25) is 5.02 Å². The predicted molar refractivity (Wildman–Crippen MR) is 101 cm³/mol. The van der Waals surface area contributed by atoms with Crippen LogP contribution in [0.5, 0.6) is 0 Å². The predicted octanol–water partition coefficient (Wildman–Crippen LogP) is 2.62. The van der Waals surface area contributed by atoms with E-state index in [1.54, 1.807) is 39.0 Å². The van der Waals surface area contributed by atoms with Gasteiger partial charge in [-0.25, -0.2) is 16.8 Å². The summed E-state index contributed by atoms with van der Waals surface area (Å²) in [5.41, 5.74) is 1.78. The quantitative estimate of drug-likeness (QED) is 0.824. The van der Waals surface area contributed by atoms with E-state index in [0.29, 0.717) is 34.1 Å². The van der Waals surface area contributed by atoms with Gasteiger partial charge in [0.25, 0.3) is 10.0 Å². The van der Waals surface area contributed by atoms with E-state index in [1.165, 1.54) is 4.68 Å². The molecule has 2 aromatic rings. The summed E-state index contributed by atoms with van der Waals surface area (Å²) in [6.45, 7) is 4.98. The van der Waals surface area contributed by atoms with Crippen LogP contribution >= 0.6 is 11.6 Å². The Hall–Kier alpha value is -1.58. The number of rotatable bonds is 4. The van der Waals surface area contributed by atoms with Crippen molar-refractivity contribution in [1.29, 1.82) is 0 Å². The van der Waals surface area contributed by atoms with Gasteiger partial charge < -0.3 is 0 Å². The van der Waals surface area contributed by atoms with Crippen LogP contribution in [0.3, 0.4) is 0 Å². The molecule has 0 aliphatic carbocycles. The van der Waals surface area contributed by atoms with Gasteiger partial charge in [0, 0.05) is 5.02 Å². The zero-order chi connectivity index (χ0) is 19.3. The number of aromatic nitrogens is 2. The first-order valence-corrected chi connectivity index (χ1v) is 11.7. The van der Waals surface area contributed by atoms with Crippen LogP contribution in [-0.2, 0) is 19.9 Å². The minimum absolute atomic E-state index is 0.0186. The molecular weight excluding hydrogens is 398 g/mol. The maximum absolute atomic E-state index is 12.9. The molecular formula is C16H20ClN3O4S2. The van der Waals surface area contributed by atoms with Crippen LogP contribution in [0.1, 0.15) is 29.4 Å². The van der Waals surface area contributed by atoms with Crippen molar-refractivity contribution >= 4 is 37.1 Å². The van der Waals surface area contributed by atoms with E-state index in [1.807, 2.05) is 0 Å². The summed E-state index contributed by atoms with van der Waals surface area (Å²) in [4.78, 5) is 0.0705. The lowest BCUT2D eigenvalue weighted by molar-refractivity contribution is 0.484. The Kier molecular flexibility index (Phi) is 4.83. The zero-order valence-corrected chi connectivity index (χ0v) is 17.0. The molecule has 1 unspecified atom stereocenters. The zero-order valence-electron chi connectivity index (χ0n) is 14.7. The highest BCUT2D eigenvalue weighted by Gasteiger charge is 2.33. The molecule has 1 atom stereocenters. The average Bonchev–Trinajstić information content (AvgIpc) is 3.03.